The number of ether oxygens (including phenoxy) is 2. The van der Waals surface area contributed by atoms with Crippen molar-refractivity contribution in [3.8, 4) is 0 Å². The van der Waals surface area contributed by atoms with Crippen LogP contribution in [-0.4, -0.2) is 60.1 Å². The number of hydrogen-bond donors (Lipinski definition) is 1. The molecule has 1 saturated carbocycles. The molecule has 2 saturated heterocycles. The minimum atomic E-state index is -1.83. The van der Waals surface area contributed by atoms with Crippen LogP contribution in [0.25, 0.3) is 11.2 Å². The topological polar surface area (TPSA) is 110 Å². The van der Waals surface area contributed by atoms with Gasteiger partial charge in [0.15, 0.2) is 29.3 Å². The third-order valence-electron chi connectivity index (χ3n) is 6.53. The van der Waals surface area contributed by atoms with Gasteiger partial charge in [-0.05, 0) is 24.8 Å². The summed E-state index contributed by atoms with van der Waals surface area (Å²) in [6, 6.07) is 10.3. The molecule has 12 heteroatoms. The lowest BCUT2D eigenvalue weighted by Gasteiger charge is -2.22. The maximum absolute atomic E-state index is 11.8. The van der Waals surface area contributed by atoms with E-state index in [4.69, 9.17) is 29.4 Å². The van der Waals surface area contributed by atoms with Gasteiger partial charge in [-0.2, -0.15) is 4.21 Å². The quantitative estimate of drug-likeness (QED) is 0.484. The molecular formula is C22H24ClN5O5S. The van der Waals surface area contributed by atoms with E-state index in [9.17, 15) is 4.21 Å². The number of hydrogen-bond acceptors (Lipinski definition) is 9. The highest BCUT2D eigenvalue weighted by molar-refractivity contribution is 7.75. The number of aromatic nitrogens is 4. The van der Waals surface area contributed by atoms with Gasteiger partial charge in [-0.1, -0.05) is 30.3 Å². The molecule has 1 aromatic carbocycles. The van der Waals surface area contributed by atoms with Crippen molar-refractivity contribution in [2.24, 2.45) is 0 Å². The average molecular weight is 506 g/mol. The van der Waals surface area contributed by atoms with Crippen molar-refractivity contribution in [3.63, 3.8) is 0 Å². The van der Waals surface area contributed by atoms with E-state index in [-0.39, 0.29) is 18.0 Å². The average Bonchev–Trinajstić information content (AvgIpc) is 3.62. The monoisotopic (exact) mass is 505 g/mol. The summed E-state index contributed by atoms with van der Waals surface area (Å²) >= 11 is 4.20. The van der Waals surface area contributed by atoms with Crippen LogP contribution in [0.4, 0.5) is 5.82 Å². The SMILES string of the molecule is O=S1O[C@@H]2[C@H](O1)[C@@H](CCl)O[C@H]2n1cnc2c(NC3CCCC3OCc3ccccc3)ncnc21. The van der Waals surface area contributed by atoms with Gasteiger partial charge >= 0.3 is 11.4 Å². The number of anilines is 1. The highest BCUT2D eigenvalue weighted by atomic mass is 35.5. The van der Waals surface area contributed by atoms with Gasteiger partial charge in [0.1, 0.15) is 18.5 Å². The molecule has 0 spiro atoms. The summed E-state index contributed by atoms with van der Waals surface area (Å²) in [6.45, 7) is 0.574. The number of benzene rings is 1. The van der Waals surface area contributed by atoms with E-state index in [1.807, 2.05) is 18.2 Å². The molecule has 3 unspecified atom stereocenters. The molecule has 0 amide bonds. The zero-order valence-corrected chi connectivity index (χ0v) is 19.7. The van der Waals surface area contributed by atoms with E-state index in [1.54, 1.807) is 10.9 Å². The zero-order valence-electron chi connectivity index (χ0n) is 18.2. The second kappa shape index (κ2) is 9.48. The van der Waals surface area contributed by atoms with Gasteiger partial charge in [-0.15, -0.1) is 11.6 Å². The summed E-state index contributed by atoms with van der Waals surface area (Å²) in [4.78, 5) is 13.4. The predicted octanol–water partition coefficient (Wildman–Crippen LogP) is 2.88. The highest BCUT2D eigenvalue weighted by Crippen LogP contribution is 2.40. The second-order valence-electron chi connectivity index (χ2n) is 8.61. The summed E-state index contributed by atoms with van der Waals surface area (Å²) in [7, 11) is 0. The minimum absolute atomic E-state index is 0.0785. The maximum atomic E-state index is 11.8. The van der Waals surface area contributed by atoms with Gasteiger partial charge in [0, 0.05) is 0 Å². The lowest BCUT2D eigenvalue weighted by atomic mass is 10.1. The first-order chi connectivity index (χ1) is 16.7. The first-order valence-corrected chi connectivity index (χ1v) is 12.8. The molecule has 2 aliphatic heterocycles. The first kappa shape index (κ1) is 22.3. The fraction of sp³-hybridized carbons (Fsp3) is 0.500. The lowest BCUT2D eigenvalue weighted by Crippen LogP contribution is -2.31. The fourth-order valence-electron chi connectivity index (χ4n) is 4.87. The summed E-state index contributed by atoms with van der Waals surface area (Å²) in [6.07, 6.45) is 4.11. The van der Waals surface area contributed by atoms with Crippen LogP contribution in [0.1, 0.15) is 31.1 Å². The Hall–Kier alpha value is -2.15. The van der Waals surface area contributed by atoms with Crippen LogP contribution >= 0.6 is 11.6 Å². The van der Waals surface area contributed by atoms with E-state index >= 15 is 0 Å². The molecule has 6 rings (SSSR count). The van der Waals surface area contributed by atoms with Gasteiger partial charge < -0.3 is 14.8 Å². The molecule has 10 nitrogen and oxygen atoms in total. The largest absolute Gasteiger partial charge is 0.371 e. The molecular weight excluding hydrogens is 482 g/mol. The Labute approximate surface area is 203 Å². The standard InChI is InChI=1S/C22H24ClN5O5S/c23-9-16-18-19(33-34(29)32-18)22(31-16)28-12-26-17-20(24-11-25-21(17)28)27-14-7-4-8-15(14)30-10-13-5-2-1-3-6-13/h1-3,5-6,11-12,14-16,18-19,22H,4,7-10H2,(H,24,25,27)/t14?,15?,16-,18-,19-,22-,34?/m1/s1. The highest BCUT2D eigenvalue weighted by Gasteiger charge is 2.53. The Morgan fingerprint density at radius 3 is 2.85 bits per heavy atom. The fourth-order valence-corrected chi connectivity index (χ4v) is 5.96. The van der Waals surface area contributed by atoms with Crippen LogP contribution in [0.3, 0.4) is 0 Å². The van der Waals surface area contributed by atoms with Crippen molar-refractivity contribution in [1.29, 1.82) is 0 Å². The molecule has 3 aliphatic rings. The van der Waals surface area contributed by atoms with E-state index in [0.29, 0.717) is 23.6 Å². The van der Waals surface area contributed by atoms with Crippen molar-refractivity contribution < 1.29 is 22.0 Å². The summed E-state index contributed by atoms with van der Waals surface area (Å²) in [5.41, 5.74) is 2.35. The molecule has 2 aromatic heterocycles. The normalized spacial score (nSPS) is 32.9. The van der Waals surface area contributed by atoms with E-state index < -0.39 is 35.9 Å². The van der Waals surface area contributed by atoms with Crippen LogP contribution in [0.15, 0.2) is 43.0 Å². The van der Waals surface area contributed by atoms with Crippen molar-refractivity contribution in [3.05, 3.63) is 48.5 Å². The second-order valence-corrected chi connectivity index (χ2v) is 9.71. The van der Waals surface area contributed by atoms with Gasteiger partial charge in [-0.3, -0.25) is 12.9 Å². The number of alkyl halides is 1. The molecule has 1 aliphatic carbocycles. The van der Waals surface area contributed by atoms with Crippen molar-refractivity contribution in [1.82, 2.24) is 19.5 Å². The van der Waals surface area contributed by atoms with E-state index in [0.717, 1.165) is 24.8 Å². The third kappa shape index (κ3) is 4.10. The van der Waals surface area contributed by atoms with Crippen molar-refractivity contribution in [2.45, 2.75) is 62.6 Å². The van der Waals surface area contributed by atoms with E-state index in [2.05, 4.69) is 32.4 Å². The number of fused-ring (bicyclic) bond motifs is 2. The number of rotatable bonds is 7. The summed E-state index contributed by atoms with van der Waals surface area (Å²) < 4.78 is 36.7. The number of imidazole rings is 1. The zero-order chi connectivity index (χ0) is 23.1. The van der Waals surface area contributed by atoms with Crippen LogP contribution < -0.4 is 5.32 Å². The Morgan fingerprint density at radius 1 is 1.15 bits per heavy atom. The molecule has 1 N–H and O–H groups in total. The van der Waals surface area contributed by atoms with Gasteiger partial charge in [-0.25, -0.2) is 15.0 Å². The minimum Gasteiger partial charge on any atom is -0.371 e. The molecule has 34 heavy (non-hydrogen) atoms. The molecule has 0 radical (unpaired) electrons. The Kier molecular flexibility index (Phi) is 6.22. The molecule has 7 atom stereocenters. The molecule has 180 valence electrons. The summed E-state index contributed by atoms with van der Waals surface area (Å²) in [5.74, 6) is 0.832. The molecule has 0 bridgehead atoms. The van der Waals surface area contributed by atoms with Crippen LogP contribution in [-0.2, 0) is 35.8 Å². The van der Waals surface area contributed by atoms with Crippen LogP contribution in [0.5, 0.6) is 0 Å². The molecule has 3 aromatic rings. The predicted molar refractivity (Wildman–Crippen MR) is 124 cm³/mol. The Balaban J connectivity index is 1.21. The number of nitrogens with one attached hydrogen (secondary N) is 1. The van der Waals surface area contributed by atoms with Crippen LogP contribution in [0.2, 0.25) is 0 Å². The van der Waals surface area contributed by atoms with E-state index in [1.165, 1.54) is 6.33 Å². The first-order valence-electron chi connectivity index (χ1n) is 11.3. The van der Waals surface area contributed by atoms with Crippen molar-refractivity contribution >= 4 is 39.9 Å². The lowest BCUT2D eigenvalue weighted by molar-refractivity contribution is -0.0246. The van der Waals surface area contributed by atoms with Gasteiger partial charge in [0.05, 0.1) is 31.0 Å². The summed E-state index contributed by atoms with van der Waals surface area (Å²) in [5, 5.41) is 3.53. The van der Waals surface area contributed by atoms with Crippen LogP contribution in [0, 0.1) is 0 Å². The van der Waals surface area contributed by atoms with Gasteiger partial charge in [0.25, 0.3) is 0 Å². The number of nitrogens with zero attached hydrogens (tertiary/aromatic N) is 4. The van der Waals surface area contributed by atoms with Crippen molar-refractivity contribution in [2.75, 3.05) is 11.2 Å². The molecule has 4 heterocycles. The third-order valence-corrected chi connectivity index (χ3v) is 7.59. The molecule has 3 fully saturated rings. The maximum Gasteiger partial charge on any atom is 0.305 e. The number of halogens is 1. The van der Waals surface area contributed by atoms with Gasteiger partial charge in [0.2, 0.25) is 0 Å². The Morgan fingerprint density at radius 2 is 2.00 bits per heavy atom. The smallest absolute Gasteiger partial charge is 0.305 e. The Bertz CT molecular complexity index is 1180.